The monoisotopic (exact) mass is 638 g/mol. The van der Waals surface area contributed by atoms with Gasteiger partial charge in [-0.05, 0) is 22.3 Å². The van der Waals surface area contributed by atoms with Gasteiger partial charge in [-0.25, -0.2) is 0 Å². The zero-order chi connectivity index (χ0) is 32.7. The Labute approximate surface area is 276 Å². The van der Waals surface area contributed by atoms with Gasteiger partial charge >= 0.3 is 5.97 Å². The molecule has 1 aliphatic heterocycles. The molecule has 8 nitrogen and oxygen atoms in total. The molecule has 5 atom stereocenters. The normalized spacial score (nSPS) is 20.8. The van der Waals surface area contributed by atoms with Crippen LogP contribution in [-0.2, 0) is 64.4 Å². The van der Waals surface area contributed by atoms with Crippen LogP contribution in [0.25, 0.3) is 0 Å². The summed E-state index contributed by atoms with van der Waals surface area (Å²) in [5.41, 5.74) is 3.97. The summed E-state index contributed by atoms with van der Waals surface area (Å²) in [6.45, 7) is 1.44. The van der Waals surface area contributed by atoms with Gasteiger partial charge < -0.3 is 28.4 Å². The van der Waals surface area contributed by atoms with Crippen LogP contribution in [0.3, 0.4) is 0 Å². The topological polar surface area (TPSA) is 89.5 Å². The van der Waals surface area contributed by atoms with E-state index in [0.717, 1.165) is 22.3 Å². The van der Waals surface area contributed by atoms with Gasteiger partial charge in [0.15, 0.2) is 0 Å². The summed E-state index contributed by atoms with van der Waals surface area (Å²) < 4.78 is 37.5. The highest BCUT2D eigenvalue weighted by Gasteiger charge is 2.49. The van der Waals surface area contributed by atoms with Crippen molar-refractivity contribution in [2.75, 3.05) is 13.7 Å². The van der Waals surface area contributed by atoms with Crippen LogP contribution < -0.4 is 0 Å². The van der Waals surface area contributed by atoms with Crippen molar-refractivity contribution >= 4 is 11.8 Å². The Balaban J connectivity index is 1.45. The highest BCUT2D eigenvalue weighted by Crippen LogP contribution is 2.32. The average Bonchev–Trinajstić information content (AvgIpc) is 3.11. The Hall–Kier alpha value is -4.18. The van der Waals surface area contributed by atoms with Crippen molar-refractivity contribution in [1.29, 1.82) is 0 Å². The third-order valence-electron chi connectivity index (χ3n) is 7.98. The van der Waals surface area contributed by atoms with Crippen LogP contribution in [0.4, 0.5) is 0 Å². The third kappa shape index (κ3) is 10.7. The fourth-order valence-corrected chi connectivity index (χ4v) is 5.58. The molecular weight excluding hydrogens is 596 g/mol. The molecule has 0 N–H and O–H groups in total. The van der Waals surface area contributed by atoms with Crippen LogP contribution in [0.15, 0.2) is 121 Å². The molecular formula is C39H42O8. The fourth-order valence-electron chi connectivity index (χ4n) is 5.58. The Bertz CT molecular complexity index is 1480. The first-order valence-corrected chi connectivity index (χ1v) is 15.9. The van der Waals surface area contributed by atoms with Gasteiger partial charge in [-0.3, -0.25) is 9.59 Å². The van der Waals surface area contributed by atoms with E-state index in [0.29, 0.717) is 19.8 Å². The Morgan fingerprint density at radius 2 is 0.957 bits per heavy atom. The van der Waals surface area contributed by atoms with Crippen molar-refractivity contribution < 1.29 is 38.0 Å². The number of carbonyl (C=O) groups excluding carboxylic acids is 2. The fraction of sp³-hybridized carbons (Fsp3) is 0.333. The van der Waals surface area contributed by atoms with E-state index in [2.05, 4.69) is 0 Å². The first-order valence-electron chi connectivity index (χ1n) is 15.9. The largest absolute Gasteiger partial charge is 0.469 e. The van der Waals surface area contributed by atoms with Gasteiger partial charge in [0.25, 0.3) is 0 Å². The summed E-state index contributed by atoms with van der Waals surface area (Å²) in [6.07, 6.45) is -3.72. The number of carbonyl (C=O) groups is 2. The number of benzene rings is 4. The summed E-state index contributed by atoms with van der Waals surface area (Å²) in [5.74, 6) is -0.916. The predicted octanol–water partition coefficient (Wildman–Crippen LogP) is 6.25. The molecule has 1 saturated heterocycles. The van der Waals surface area contributed by atoms with E-state index < -0.39 is 36.5 Å². The number of ether oxygens (including phenoxy) is 6. The number of Topliss-reactive ketones (excluding diaryl/α,β-unsaturated/α-hetero) is 1. The van der Waals surface area contributed by atoms with Gasteiger partial charge in [0.2, 0.25) is 0 Å². The second kappa shape index (κ2) is 18.2. The SMILES string of the molecule is COC(=O)CC(=O)C[C@H]1O[C@H](COCc2ccccc2)[C@@H](OCc2ccccc2)[C@H](OCc2ccccc2)[C@H]1OCc1ccccc1. The number of hydrogen-bond donors (Lipinski definition) is 0. The summed E-state index contributed by atoms with van der Waals surface area (Å²) in [7, 11) is 1.26. The van der Waals surface area contributed by atoms with Crippen molar-refractivity contribution in [1.82, 2.24) is 0 Å². The van der Waals surface area contributed by atoms with E-state index in [1.807, 2.05) is 121 Å². The zero-order valence-corrected chi connectivity index (χ0v) is 26.6. The molecule has 8 heteroatoms. The molecule has 4 aromatic carbocycles. The van der Waals surface area contributed by atoms with Gasteiger partial charge in [0, 0.05) is 6.42 Å². The second-order valence-electron chi connectivity index (χ2n) is 11.5. The van der Waals surface area contributed by atoms with Crippen LogP contribution in [0, 0.1) is 0 Å². The Kier molecular flexibility index (Phi) is 13.3. The van der Waals surface area contributed by atoms with E-state index in [9.17, 15) is 9.59 Å². The van der Waals surface area contributed by atoms with Crippen molar-refractivity contribution in [3.8, 4) is 0 Å². The lowest BCUT2D eigenvalue weighted by molar-refractivity contribution is -0.272. The molecule has 0 aromatic heterocycles. The van der Waals surface area contributed by atoms with Gasteiger partial charge in [-0.1, -0.05) is 121 Å². The first-order chi connectivity index (χ1) is 23.1. The van der Waals surface area contributed by atoms with Crippen LogP contribution in [0.5, 0.6) is 0 Å². The van der Waals surface area contributed by atoms with Crippen LogP contribution >= 0.6 is 0 Å². The van der Waals surface area contributed by atoms with Crippen molar-refractivity contribution in [2.24, 2.45) is 0 Å². The van der Waals surface area contributed by atoms with Gasteiger partial charge in [0.05, 0.1) is 46.2 Å². The lowest BCUT2D eigenvalue weighted by atomic mass is 9.91. The highest BCUT2D eigenvalue weighted by atomic mass is 16.6. The van der Waals surface area contributed by atoms with Crippen LogP contribution in [0.2, 0.25) is 0 Å². The lowest BCUT2D eigenvalue weighted by Gasteiger charge is -2.46. The smallest absolute Gasteiger partial charge is 0.313 e. The Morgan fingerprint density at radius 1 is 0.553 bits per heavy atom. The minimum atomic E-state index is -0.737. The molecule has 1 heterocycles. The summed E-state index contributed by atoms with van der Waals surface area (Å²) in [5, 5.41) is 0. The molecule has 5 rings (SSSR count). The number of esters is 1. The van der Waals surface area contributed by atoms with Crippen molar-refractivity contribution in [2.45, 2.75) is 69.8 Å². The molecule has 246 valence electrons. The number of hydrogen-bond acceptors (Lipinski definition) is 8. The minimum absolute atomic E-state index is 0.0691. The molecule has 0 bridgehead atoms. The summed E-state index contributed by atoms with van der Waals surface area (Å²) in [4.78, 5) is 25.2. The maximum absolute atomic E-state index is 13.1. The molecule has 4 aromatic rings. The average molecular weight is 639 g/mol. The number of ketones is 1. The molecule has 0 aliphatic carbocycles. The predicted molar refractivity (Wildman–Crippen MR) is 176 cm³/mol. The van der Waals surface area contributed by atoms with Crippen molar-refractivity contribution in [3.05, 3.63) is 144 Å². The van der Waals surface area contributed by atoms with Crippen molar-refractivity contribution in [3.63, 3.8) is 0 Å². The number of methoxy groups -OCH3 is 1. The van der Waals surface area contributed by atoms with Gasteiger partial charge in [-0.2, -0.15) is 0 Å². The molecule has 0 amide bonds. The van der Waals surface area contributed by atoms with Crippen LogP contribution in [0.1, 0.15) is 35.1 Å². The molecule has 0 spiro atoms. The van der Waals surface area contributed by atoms with E-state index in [-0.39, 0.29) is 31.8 Å². The molecule has 1 aliphatic rings. The third-order valence-corrected chi connectivity index (χ3v) is 7.98. The van der Waals surface area contributed by atoms with E-state index in [1.165, 1.54) is 7.11 Å². The maximum atomic E-state index is 13.1. The number of rotatable bonds is 17. The van der Waals surface area contributed by atoms with E-state index in [1.54, 1.807) is 0 Å². The van der Waals surface area contributed by atoms with Gasteiger partial charge in [-0.15, -0.1) is 0 Å². The quantitative estimate of drug-likeness (QED) is 0.0991. The highest BCUT2D eigenvalue weighted by molar-refractivity contribution is 5.95. The molecule has 0 saturated carbocycles. The molecule has 1 fully saturated rings. The van der Waals surface area contributed by atoms with Gasteiger partial charge in [0.1, 0.15) is 36.6 Å². The lowest BCUT2D eigenvalue weighted by Crippen LogP contribution is -2.61. The first kappa shape index (κ1) is 34.2. The van der Waals surface area contributed by atoms with E-state index >= 15 is 0 Å². The standard InChI is InChI=1S/C39H42O8/c1-42-36(41)23-33(40)22-34-37(44-25-30-16-8-3-9-17-30)39(46-27-32-20-12-5-13-21-32)38(45-26-31-18-10-4-11-19-31)35(47-34)28-43-24-29-14-6-2-7-15-29/h2-21,34-35,37-39H,22-28H2,1H3/t34-,35-,37+,38-,39-/m1/s1. The summed E-state index contributed by atoms with van der Waals surface area (Å²) >= 11 is 0. The minimum Gasteiger partial charge on any atom is -0.469 e. The van der Waals surface area contributed by atoms with Crippen LogP contribution in [-0.4, -0.2) is 56.0 Å². The Morgan fingerprint density at radius 3 is 1.40 bits per heavy atom. The zero-order valence-electron chi connectivity index (χ0n) is 26.6. The second-order valence-corrected chi connectivity index (χ2v) is 11.5. The maximum Gasteiger partial charge on any atom is 0.313 e. The van der Waals surface area contributed by atoms with E-state index in [4.69, 9.17) is 28.4 Å². The molecule has 0 radical (unpaired) electrons. The molecule has 47 heavy (non-hydrogen) atoms. The molecule has 0 unspecified atom stereocenters. The summed E-state index contributed by atoms with van der Waals surface area (Å²) in [6, 6.07) is 39.5.